The normalized spacial score (nSPS) is 11.9. The second-order valence-corrected chi connectivity index (χ2v) is 9.58. The molecule has 1 atom stereocenters. The van der Waals surface area contributed by atoms with E-state index in [0.717, 1.165) is 12.7 Å². The van der Waals surface area contributed by atoms with E-state index in [4.69, 9.17) is 33.1 Å². The highest BCUT2D eigenvalue weighted by atomic mass is 127. The van der Waals surface area contributed by atoms with Crippen LogP contribution in [0.4, 0.5) is 0 Å². The lowest BCUT2D eigenvalue weighted by atomic mass is 10.1. The summed E-state index contributed by atoms with van der Waals surface area (Å²) < 4.78 is 39.9. The predicted molar refractivity (Wildman–Crippen MR) is 126 cm³/mol. The van der Waals surface area contributed by atoms with Crippen molar-refractivity contribution in [2.24, 2.45) is 5.73 Å². The minimum atomic E-state index is -4.67. The van der Waals surface area contributed by atoms with Gasteiger partial charge in [0.2, 0.25) is 0 Å². The highest BCUT2D eigenvalue weighted by Crippen LogP contribution is 2.34. The molecule has 0 fully saturated rings. The molecule has 0 heterocycles. The van der Waals surface area contributed by atoms with Crippen LogP contribution in [-0.2, 0) is 21.6 Å². The maximum atomic E-state index is 10.9. The Morgan fingerprint density at radius 3 is 2.00 bits per heavy atom. The molecule has 0 saturated heterocycles. The van der Waals surface area contributed by atoms with E-state index in [1.54, 1.807) is 18.2 Å². The number of halogens is 3. The second kappa shape index (κ2) is 11.1. The Morgan fingerprint density at radius 2 is 1.57 bits per heavy atom. The SMILES string of the molecule is N[C@@H](Cc1cc(I)c(Oc2ccc(O)c(I)c2)c(I)c1)C(=O)O.O=S(=O)(O)O. The molecule has 0 amide bonds. The predicted octanol–water partition coefficient (Wildman–Crippen LogP) is 3.30. The first kappa shape index (κ1) is 25.6. The highest BCUT2D eigenvalue weighted by Gasteiger charge is 2.16. The molecular weight excluding hydrogens is 735 g/mol. The van der Waals surface area contributed by atoms with Gasteiger partial charge in [-0.1, -0.05) is 0 Å². The summed E-state index contributed by atoms with van der Waals surface area (Å²) in [5, 5.41) is 18.5. The number of nitrogens with two attached hydrogens (primary N) is 1. The van der Waals surface area contributed by atoms with Gasteiger partial charge in [-0.2, -0.15) is 8.42 Å². The third kappa shape index (κ3) is 9.35. The van der Waals surface area contributed by atoms with Gasteiger partial charge < -0.3 is 20.7 Å². The molecule has 28 heavy (non-hydrogen) atoms. The van der Waals surface area contributed by atoms with Crippen LogP contribution < -0.4 is 10.5 Å². The van der Waals surface area contributed by atoms with Gasteiger partial charge in [-0.05, 0) is 110 Å². The first-order valence-corrected chi connectivity index (χ1v) is 11.7. The summed E-state index contributed by atoms with van der Waals surface area (Å²) in [6.07, 6.45) is 0.263. The fourth-order valence-corrected chi connectivity index (χ4v) is 4.44. The number of hydrogen-bond acceptors (Lipinski definition) is 6. The Hall–Kier alpha value is -0.470. The van der Waals surface area contributed by atoms with E-state index in [1.807, 2.05) is 34.7 Å². The second-order valence-electron chi connectivity index (χ2n) is 5.20. The Bertz CT molecular complexity index is 937. The number of hydrogen-bond donors (Lipinski definition) is 5. The number of phenolic OH excluding ortho intramolecular Hbond substituents is 1. The smallest absolute Gasteiger partial charge is 0.394 e. The molecule has 9 nitrogen and oxygen atoms in total. The molecule has 0 unspecified atom stereocenters. The summed E-state index contributed by atoms with van der Waals surface area (Å²) in [5.74, 6) is 0.507. The fraction of sp³-hybridized carbons (Fsp3) is 0.133. The molecule has 2 rings (SSSR count). The molecule has 0 aromatic heterocycles. The Balaban J connectivity index is 0.000000696. The van der Waals surface area contributed by atoms with Crippen LogP contribution in [0.2, 0.25) is 0 Å². The molecule has 0 bridgehead atoms. The van der Waals surface area contributed by atoms with E-state index in [-0.39, 0.29) is 12.2 Å². The van der Waals surface area contributed by atoms with Crippen LogP contribution in [0.25, 0.3) is 0 Å². The average molecular weight is 749 g/mol. The van der Waals surface area contributed by atoms with Crippen LogP contribution in [0.15, 0.2) is 30.3 Å². The molecular formula is C15H14I3NO8S. The number of ether oxygens (including phenoxy) is 1. The van der Waals surface area contributed by atoms with Crippen LogP contribution in [0, 0.1) is 10.7 Å². The quantitative estimate of drug-likeness (QED) is 0.228. The third-order valence-electron chi connectivity index (χ3n) is 2.97. The number of rotatable bonds is 5. The topological polar surface area (TPSA) is 167 Å². The number of phenols is 1. The Kier molecular flexibility index (Phi) is 10.1. The van der Waals surface area contributed by atoms with Crippen LogP contribution in [0.3, 0.4) is 0 Å². The number of carboxylic acids is 1. The lowest BCUT2D eigenvalue weighted by molar-refractivity contribution is -0.138. The maximum Gasteiger partial charge on any atom is 0.394 e. The monoisotopic (exact) mass is 749 g/mol. The van der Waals surface area contributed by atoms with Crippen molar-refractivity contribution in [2.45, 2.75) is 12.5 Å². The Morgan fingerprint density at radius 1 is 1.07 bits per heavy atom. The van der Waals surface area contributed by atoms with Gasteiger partial charge >= 0.3 is 16.4 Å². The lowest BCUT2D eigenvalue weighted by Gasteiger charge is -2.13. The molecule has 2 aromatic rings. The maximum absolute atomic E-state index is 10.9. The fourth-order valence-electron chi connectivity index (χ4n) is 1.84. The molecule has 0 aliphatic heterocycles. The van der Waals surface area contributed by atoms with Gasteiger partial charge in [0.1, 0.15) is 17.5 Å². The lowest BCUT2D eigenvalue weighted by Crippen LogP contribution is -2.32. The molecule has 13 heteroatoms. The van der Waals surface area contributed by atoms with Crippen molar-refractivity contribution in [3.05, 3.63) is 46.6 Å². The summed E-state index contributed by atoms with van der Waals surface area (Å²) in [6.45, 7) is 0. The zero-order valence-electron chi connectivity index (χ0n) is 13.7. The van der Waals surface area contributed by atoms with Gasteiger partial charge in [-0.3, -0.25) is 13.9 Å². The van der Waals surface area contributed by atoms with Crippen LogP contribution in [-0.4, -0.2) is 39.7 Å². The number of benzene rings is 2. The van der Waals surface area contributed by atoms with E-state index in [2.05, 4.69) is 45.2 Å². The molecule has 0 saturated carbocycles. The first-order chi connectivity index (χ1) is 12.8. The average Bonchev–Trinajstić information content (AvgIpc) is 2.52. The number of aliphatic carboxylic acids is 1. The minimum absolute atomic E-state index is 0.209. The van der Waals surface area contributed by atoms with Crippen molar-refractivity contribution in [3.8, 4) is 17.2 Å². The molecule has 6 N–H and O–H groups in total. The molecule has 154 valence electrons. The van der Waals surface area contributed by atoms with Gasteiger partial charge in [0, 0.05) is 0 Å². The van der Waals surface area contributed by atoms with Crippen LogP contribution in [0.1, 0.15) is 5.56 Å². The van der Waals surface area contributed by atoms with Crippen molar-refractivity contribution < 1.29 is 37.3 Å². The van der Waals surface area contributed by atoms with Gasteiger partial charge in [0.25, 0.3) is 0 Å². The van der Waals surface area contributed by atoms with Gasteiger partial charge in [-0.25, -0.2) is 0 Å². The van der Waals surface area contributed by atoms with Gasteiger partial charge in [0.05, 0.1) is 10.7 Å². The largest absolute Gasteiger partial charge is 0.507 e. The van der Waals surface area contributed by atoms with E-state index in [1.165, 1.54) is 0 Å². The van der Waals surface area contributed by atoms with E-state index < -0.39 is 22.4 Å². The summed E-state index contributed by atoms with van der Waals surface area (Å²) in [7, 11) is -4.67. The van der Waals surface area contributed by atoms with Crippen molar-refractivity contribution >= 4 is 84.1 Å². The summed E-state index contributed by atoms with van der Waals surface area (Å²) in [6, 6.07) is 7.83. The van der Waals surface area contributed by atoms with Gasteiger partial charge in [-0.15, -0.1) is 0 Å². The number of carboxylic acid groups (broad SMARTS) is 1. The summed E-state index contributed by atoms with van der Waals surface area (Å²) in [5.41, 5.74) is 6.43. The molecule has 0 aliphatic rings. The molecule has 0 spiro atoms. The summed E-state index contributed by atoms with van der Waals surface area (Å²) >= 11 is 6.33. The standard InChI is InChI=1S/C15H12I3NO4.H2O4S/c16-9-6-8(1-2-13(9)20)23-14-10(17)3-7(4-11(14)18)5-12(19)15(21)22;1-5(2,3)4/h1-4,6,12,20H,5,19H2,(H,21,22);(H2,1,2,3,4)/t12-;/m0./s1. The van der Waals surface area contributed by atoms with E-state index in [0.29, 0.717) is 15.1 Å². The third-order valence-corrected chi connectivity index (χ3v) is 5.44. The molecule has 0 aliphatic carbocycles. The van der Waals surface area contributed by atoms with Gasteiger partial charge in [0.15, 0.2) is 5.75 Å². The molecule has 0 radical (unpaired) electrons. The van der Waals surface area contributed by atoms with Crippen LogP contribution in [0.5, 0.6) is 17.2 Å². The number of aromatic hydroxyl groups is 1. The van der Waals surface area contributed by atoms with Crippen molar-refractivity contribution in [3.63, 3.8) is 0 Å². The Labute approximate surface area is 201 Å². The molecule has 2 aromatic carbocycles. The minimum Gasteiger partial charge on any atom is -0.507 e. The highest BCUT2D eigenvalue weighted by molar-refractivity contribution is 14.1. The first-order valence-electron chi connectivity index (χ1n) is 7.10. The van der Waals surface area contributed by atoms with E-state index >= 15 is 0 Å². The van der Waals surface area contributed by atoms with E-state index in [9.17, 15) is 9.90 Å². The summed E-state index contributed by atoms with van der Waals surface area (Å²) in [4.78, 5) is 10.9. The zero-order valence-corrected chi connectivity index (χ0v) is 21.0. The number of carbonyl (C=O) groups is 1. The van der Waals surface area contributed by atoms with Crippen molar-refractivity contribution in [2.75, 3.05) is 0 Å². The zero-order chi connectivity index (χ0) is 21.6. The van der Waals surface area contributed by atoms with Crippen molar-refractivity contribution in [1.82, 2.24) is 0 Å². The van der Waals surface area contributed by atoms with Crippen LogP contribution >= 0.6 is 67.8 Å². The van der Waals surface area contributed by atoms with Crippen molar-refractivity contribution in [1.29, 1.82) is 0 Å².